The number of carboxylic acids is 1. The predicted octanol–water partition coefficient (Wildman–Crippen LogP) is -0.388. The lowest BCUT2D eigenvalue weighted by Crippen LogP contribution is -2.36. The molecule has 0 saturated carbocycles. The van der Waals surface area contributed by atoms with Crippen molar-refractivity contribution >= 4 is 11.9 Å². The second-order valence-corrected chi connectivity index (χ2v) is 3.14. The van der Waals surface area contributed by atoms with E-state index in [2.05, 4.69) is 5.32 Å². The molecule has 5 nitrogen and oxygen atoms in total. The average Bonchev–Trinajstić information content (AvgIpc) is 2.47. The topological polar surface area (TPSA) is 75.6 Å². The zero-order valence-electron chi connectivity index (χ0n) is 7.45. The van der Waals surface area contributed by atoms with E-state index >= 15 is 0 Å². The van der Waals surface area contributed by atoms with Gasteiger partial charge >= 0.3 is 11.9 Å². The summed E-state index contributed by atoms with van der Waals surface area (Å²) >= 11 is 0. The van der Waals surface area contributed by atoms with Crippen molar-refractivity contribution < 1.29 is 19.4 Å². The Balaban J connectivity index is 2.26. The van der Waals surface area contributed by atoms with Crippen LogP contribution >= 0.6 is 0 Å². The number of carbonyl (C=O) groups excluding carboxylic acids is 1. The van der Waals surface area contributed by atoms with Crippen molar-refractivity contribution in [1.82, 2.24) is 5.32 Å². The highest BCUT2D eigenvalue weighted by atomic mass is 16.5. The number of hydrogen-bond donors (Lipinski definition) is 2. The van der Waals surface area contributed by atoms with E-state index in [1.807, 2.05) is 6.92 Å². The molecule has 0 spiro atoms. The molecule has 2 unspecified atom stereocenters. The summed E-state index contributed by atoms with van der Waals surface area (Å²) in [6.45, 7) is 2.99. The molecular formula is C8H13NO4. The maximum Gasteiger partial charge on any atom is 0.394 e. The zero-order chi connectivity index (χ0) is 9.84. The van der Waals surface area contributed by atoms with E-state index in [4.69, 9.17) is 9.84 Å². The molecular weight excluding hydrogens is 174 g/mol. The van der Waals surface area contributed by atoms with Gasteiger partial charge in [0.25, 0.3) is 0 Å². The molecule has 1 saturated heterocycles. The van der Waals surface area contributed by atoms with Crippen LogP contribution in [-0.2, 0) is 14.3 Å². The van der Waals surface area contributed by atoms with Crippen LogP contribution in [0.25, 0.3) is 0 Å². The van der Waals surface area contributed by atoms with Gasteiger partial charge in [0.2, 0.25) is 0 Å². The Bertz CT molecular complexity index is 216. The van der Waals surface area contributed by atoms with E-state index in [0.29, 0.717) is 13.2 Å². The molecule has 1 fully saturated rings. The van der Waals surface area contributed by atoms with Crippen LogP contribution in [0.15, 0.2) is 0 Å². The van der Waals surface area contributed by atoms with Crippen LogP contribution in [-0.4, -0.2) is 36.2 Å². The second-order valence-electron chi connectivity index (χ2n) is 3.14. The molecule has 0 aliphatic carbocycles. The summed E-state index contributed by atoms with van der Waals surface area (Å²) in [4.78, 5) is 20.8. The van der Waals surface area contributed by atoms with E-state index in [1.54, 1.807) is 0 Å². The molecule has 2 N–H and O–H groups in total. The summed E-state index contributed by atoms with van der Waals surface area (Å²) in [5, 5.41) is 10.6. The van der Waals surface area contributed by atoms with Crippen LogP contribution < -0.4 is 5.32 Å². The zero-order valence-corrected chi connectivity index (χ0v) is 7.45. The summed E-state index contributed by atoms with van der Waals surface area (Å²) in [6, 6.07) is 0. The maximum atomic E-state index is 10.7. The minimum absolute atomic E-state index is 0.106. The van der Waals surface area contributed by atoms with Gasteiger partial charge in [-0.3, -0.25) is 4.79 Å². The molecule has 1 amide bonds. The quantitative estimate of drug-likeness (QED) is 0.577. The Hall–Kier alpha value is -1.10. The third-order valence-corrected chi connectivity index (χ3v) is 2.25. The standard InChI is InChI=1S/C8H13NO4/c1-5-6(2-3-13-5)4-9-7(10)8(11)12/h5-6H,2-4H2,1H3,(H,9,10)(H,11,12). The van der Waals surface area contributed by atoms with Crippen molar-refractivity contribution in [1.29, 1.82) is 0 Å². The average molecular weight is 187 g/mol. The van der Waals surface area contributed by atoms with Gasteiger partial charge in [0, 0.05) is 19.1 Å². The van der Waals surface area contributed by atoms with Crippen molar-refractivity contribution in [2.24, 2.45) is 5.92 Å². The van der Waals surface area contributed by atoms with Gasteiger partial charge in [-0.05, 0) is 13.3 Å². The van der Waals surface area contributed by atoms with Crippen molar-refractivity contribution in [3.63, 3.8) is 0 Å². The van der Waals surface area contributed by atoms with Gasteiger partial charge in [-0.1, -0.05) is 0 Å². The Morgan fingerprint density at radius 1 is 1.62 bits per heavy atom. The summed E-state index contributed by atoms with van der Waals surface area (Å²) in [5.41, 5.74) is 0. The number of amides is 1. The van der Waals surface area contributed by atoms with Crippen molar-refractivity contribution in [3.8, 4) is 0 Å². The maximum absolute atomic E-state index is 10.7. The SMILES string of the molecule is CC1OCCC1CNC(=O)C(=O)O. The van der Waals surface area contributed by atoms with Crippen molar-refractivity contribution in [2.45, 2.75) is 19.4 Å². The van der Waals surface area contributed by atoms with Gasteiger partial charge in [-0.25, -0.2) is 4.79 Å². The van der Waals surface area contributed by atoms with Gasteiger partial charge in [0.1, 0.15) is 0 Å². The first-order valence-electron chi connectivity index (χ1n) is 4.24. The molecule has 1 rings (SSSR count). The van der Waals surface area contributed by atoms with Crippen molar-refractivity contribution in [3.05, 3.63) is 0 Å². The number of nitrogens with one attached hydrogen (secondary N) is 1. The Labute approximate surface area is 76.1 Å². The molecule has 1 aliphatic rings. The highest BCUT2D eigenvalue weighted by Crippen LogP contribution is 2.18. The number of carboxylic acid groups (broad SMARTS) is 1. The fourth-order valence-electron chi connectivity index (χ4n) is 1.34. The molecule has 0 bridgehead atoms. The molecule has 74 valence electrons. The monoisotopic (exact) mass is 187 g/mol. The number of aliphatic carboxylic acids is 1. The molecule has 1 heterocycles. The summed E-state index contributed by atoms with van der Waals surface area (Å²) in [6.07, 6.45) is 0.982. The summed E-state index contributed by atoms with van der Waals surface area (Å²) < 4.78 is 5.26. The van der Waals surface area contributed by atoms with E-state index in [0.717, 1.165) is 6.42 Å². The minimum atomic E-state index is -1.44. The van der Waals surface area contributed by atoms with E-state index < -0.39 is 11.9 Å². The largest absolute Gasteiger partial charge is 0.474 e. The van der Waals surface area contributed by atoms with Crippen LogP contribution in [0.5, 0.6) is 0 Å². The smallest absolute Gasteiger partial charge is 0.394 e. The lowest BCUT2D eigenvalue weighted by molar-refractivity contribution is -0.150. The molecule has 0 aromatic rings. The van der Waals surface area contributed by atoms with Gasteiger partial charge < -0.3 is 15.2 Å². The van der Waals surface area contributed by atoms with Gasteiger partial charge in [-0.2, -0.15) is 0 Å². The van der Waals surface area contributed by atoms with E-state index in [1.165, 1.54) is 0 Å². The molecule has 0 aromatic heterocycles. The third-order valence-electron chi connectivity index (χ3n) is 2.25. The van der Waals surface area contributed by atoms with Crippen LogP contribution in [0.2, 0.25) is 0 Å². The predicted molar refractivity (Wildman–Crippen MR) is 44.2 cm³/mol. The molecule has 0 aromatic carbocycles. The number of rotatable bonds is 2. The summed E-state index contributed by atoms with van der Waals surface area (Å²) in [5.74, 6) is -2.14. The van der Waals surface area contributed by atoms with Crippen molar-refractivity contribution in [2.75, 3.05) is 13.2 Å². The van der Waals surface area contributed by atoms with Crippen LogP contribution in [0.3, 0.4) is 0 Å². The first-order valence-corrected chi connectivity index (χ1v) is 4.24. The molecule has 2 atom stereocenters. The van der Waals surface area contributed by atoms with Crippen LogP contribution in [0, 0.1) is 5.92 Å². The molecule has 13 heavy (non-hydrogen) atoms. The normalized spacial score (nSPS) is 27.2. The fraction of sp³-hybridized carbons (Fsp3) is 0.750. The fourth-order valence-corrected chi connectivity index (χ4v) is 1.34. The minimum Gasteiger partial charge on any atom is -0.474 e. The first-order chi connectivity index (χ1) is 6.11. The first kappa shape index (κ1) is 9.98. The molecule has 5 heteroatoms. The van der Waals surface area contributed by atoms with Crippen LogP contribution in [0.4, 0.5) is 0 Å². The Kier molecular flexibility index (Phi) is 3.25. The number of ether oxygens (including phenoxy) is 1. The number of hydrogen-bond acceptors (Lipinski definition) is 3. The highest BCUT2D eigenvalue weighted by molar-refractivity contribution is 6.31. The number of carbonyl (C=O) groups is 2. The van der Waals surface area contributed by atoms with Gasteiger partial charge in [0.05, 0.1) is 6.10 Å². The van der Waals surface area contributed by atoms with E-state index in [9.17, 15) is 9.59 Å². The highest BCUT2D eigenvalue weighted by Gasteiger charge is 2.25. The second kappa shape index (κ2) is 4.23. The van der Waals surface area contributed by atoms with Gasteiger partial charge in [0.15, 0.2) is 0 Å². The van der Waals surface area contributed by atoms with Gasteiger partial charge in [-0.15, -0.1) is 0 Å². The Morgan fingerprint density at radius 3 is 2.77 bits per heavy atom. The van der Waals surface area contributed by atoms with E-state index in [-0.39, 0.29) is 12.0 Å². The third kappa shape index (κ3) is 2.69. The Morgan fingerprint density at radius 2 is 2.31 bits per heavy atom. The molecule has 1 aliphatic heterocycles. The lowest BCUT2D eigenvalue weighted by atomic mass is 10.0. The lowest BCUT2D eigenvalue weighted by Gasteiger charge is -2.13. The summed E-state index contributed by atoms with van der Waals surface area (Å²) in [7, 11) is 0. The molecule has 0 radical (unpaired) electrons. The van der Waals surface area contributed by atoms with Crippen LogP contribution in [0.1, 0.15) is 13.3 Å².